The molecule has 0 radical (unpaired) electrons. The van der Waals surface area contributed by atoms with E-state index in [9.17, 15) is 4.79 Å². The average Bonchev–Trinajstić information content (AvgIpc) is 2.69. The SMILES string of the molecule is C=CC[C@@H]1OC(C)(C)N(C(=O)OC(C)(C)C)[C@H]1c1ccccc1. The monoisotopic (exact) mass is 317 g/mol. The summed E-state index contributed by atoms with van der Waals surface area (Å²) in [4.78, 5) is 14.5. The first-order valence-corrected chi connectivity index (χ1v) is 8.02. The number of ether oxygens (including phenoxy) is 2. The Morgan fingerprint density at radius 1 is 1.35 bits per heavy atom. The van der Waals surface area contributed by atoms with Gasteiger partial charge in [-0.15, -0.1) is 6.58 Å². The Bertz CT molecular complexity index is 560. The van der Waals surface area contributed by atoms with Gasteiger partial charge in [0.1, 0.15) is 11.3 Å². The second-order valence-corrected chi connectivity index (χ2v) is 7.33. The zero-order valence-electron chi connectivity index (χ0n) is 14.7. The minimum absolute atomic E-state index is 0.141. The zero-order valence-corrected chi connectivity index (χ0v) is 14.7. The fraction of sp³-hybridized carbons (Fsp3) is 0.526. The van der Waals surface area contributed by atoms with Crippen molar-refractivity contribution in [1.82, 2.24) is 4.90 Å². The molecule has 1 fully saturated rings. The highest BCUT2D eigenvalue weighted by Crippen LogP contribution is 2.43. The molecule has 126 valence electrons. The van der Waals surface area contributed by atoms with Crippen molar-refractivity contribution in [1.29, 1.82) is 0 Å². The molecule has 0 bridgehead atoms. The van der Waals surface area contributed by atoms with Gasteiger partial charge in [0, 0.05) is 0 Å². The number of nitrogens with zero attached hydrogens (tertiary/aromatic N) is 1. The van der Waals surface area contributed by atoms with E-state index in [0.717, 1.165) is 5.56 Å². The van der Waals surface area contributed by atoms with Crippen LogP contribution in [0.25, 0.3) is 0 Å². The summed E-state index contributed by atoms with van der Waals surface area (Å²) in [7, 11) is 0. The van der Waals surface area contributed by atoms with Crippen LogP contribution in [0.1, 0.15) is 52.6 Å². The Hall–Kier alpha value is -1.81. The van der Waals surface area contributed by atoms with Crippen molar-refractivity contribution in [2.75, 3.05) is 0 Å². The molecule has 1 aliphatic heterocycles. The van der Waals surface area contributed by atoms with Gasteiger partial charge in [-0.25, -0.2) is 4.79 Å². The number of rotatable bonds is 3. The molecule has 1 aliphatic rings. The lowest BCUT2D eigenvalue weighted by Crippen LogP contribution is -2.47. The highest BCUT2D eigenvalue weighted by atomic mass is 16.6. The van der Waals surface area contributed by atoms with E-state index in [1.165, 1.54) is 0 Å². The van der Waals surface area contributed by atoms with E-state index in [4.69, 9.17) is 9.47 Å². The molecule has 2 atom stereocenters. The van der Waals surface area contributed by atoms with Crippen LogP contribution in [0, 0.1) is 0 Å². The third-order valence-electron chi connectivity index (χ3n) is 3.78. The molecule has 4 nitrogen and oxygen atoms in total. The topological polar surface area (TPSA) is 38.8 Å². The fourth-order valence-corrected chi connectivity index (χ4v) is 2.99. The Morgan fingerprint density at radius 2 is 1.96 bits per heavy atom. The van der Waals surface area contributed by atoms with Gasteiger partial charge in [0.15, 0.2) is 0 Å². The summed E-state index contributed by atoms with van der Waals surface area (Å²) >= 11 is 0. The summed E-state index contributed by atoms with van der Waals surface area (Å²) in [5.41, 5.74) is -0.252. The normalized spacial score (nSPS) is 23.6. The van der Waals surface area contributed by atoms with Crippen LogP contribution in [-0.4, -0.2) is 28.4 Å². The second-order valence-electron chi connectivity index (χ2n) is 7.33. The van der Waals surface area contributed by atoms with Crippen molar-refractivity contribution in [2.24, 2.45) is 0 Å². The van der Waals surface area contributed by atoms with Crippen LogP contribution in [0.15, 0.2) is 43.0 Å². The van der Waals surface area contributed by atoms with Crippen molar-refractivity contribution in [2.45, 2.75) is 64.5 Å². The van der Waals surface area contributed by atoms with Crippen molar-refractivity contribution < 1.29 is 14.3 Å². The van der Waals surface area contributed by atoms with E-state index in [0.29, 0.717) is 6.42 Å². The van der Waals surface area contributed by atoms with E-state index >= 15 is 0 Å². The fourth-order valence-electron chi connectivity index (χ4n) is 2.99. The predicted molar refractivity (Wildman–Crippen MR) is 91.0 cm³/mol. The molecule has 1 amide bonds. The third kappa shape index (κ3) is 3.94. The minimum atomic E-state index is -0.740. The smallest absolute Gasteiger partial charge is 0.413 e. The number of hydrogen-bond donors (Lipinski definition) is 0. The van der Waals surface area contributed by atoms with Crippen LogP contribution in [0.5, 0.6) is 0 Å². The zero-order chi connectivity index (χ0) is 17.3. The number of benzene rings is 1. The number of carbonyl (C=O) groups excluding carboxylic acids is 1. The van der Waals surface area contributed by atoms with Crippen molar-refractivity contribution in [3.8, 4) is 0 Å². The van der Waals surface area contributed by atoms with Crippen LogP contribution in [-0.2, 0) is 9.47 Å². The van der Waals surface area contributed by atoms with E-state index in [1.807, 2.05) is 71.0 Å². The lowest BCUT2D eigenvalue weighted by atomic mass is 9.98. The number of amides is 1. The summed E-state index contributed by atoms with van der Waals surface area (Å²) < 4.78 is 11.8. The predicted octanol–water partition coefficient (Wildman–Crippen LogP) is 4.68. The van der Waals surface area contributed by atoms with Crippen molar-refractivity contribution in [3.63, 3.8) is 0 Å². The van der Waals surface area contributed by atoms with Crippen LogP contribution < -0.4 is 0 Å². The lowest BCUT2D eigenvalue weighted by Gasteiger charge is -2.35. The molecule has 23 heavy (non-hydrogen) atoms. The van der Waals surface area contributed by atoms with Crippen LogP contribution in [0.3, 0.4) is 0 Å². The van der Waals surface area contributed by atoms with E-state index in [1.54, 1.807) is 4.90 Å². The molecular weight excluding hydrogens is 290 g/mol. The maximum Gasteiger partial charge on any atom is 0.413 e. The Kier molecular flexibility index (Phi) is 4.85. The molecular formula is C19H27NO3. The summed E-state index contributed by atoms with van der Waals surface area (Å²) in [6.07, 6.45) is 2.00. The molecule has 2 rings (SSSR count). The first kappa shape index (κ1) is 17.5. The number of hydrogen-bond acceptors (Lipinski definition) is 3. The van der Waals surface area contributed by atoms with E-state index in [-0.39, 0.29) is 18.2 Å². The average molecular weight is 317 g/mol. The van der Waals surface area contributed by atoms with Gasteiger partial charge in [-0.2, -0.15) is 0 Å². The highest BCUT2D eigenvalue weighted by Gasteiger charge is 2.51. The second kappa shape index (κ2) is 6.36. The Morgan fingerprint density at radius 3 is 2.48 bits per heavy atom. The maximum atomic E-state index is 12.8. The van der Waals surface area contributed by atoms with Crippen molar-refractivity contribution >= 4 is 6.09 Å². The molecule has 0 N–H and O–H groups in total. The highest BCUT2D eigenvalue weighted by molar-refractivity contribution is 5.70. The van der Waals surface area contributed by atoms with Crippen LogP contribution in [0.2, 0.25) is 0 Å². The molecule has 0 aliphatic carbocycles. The maximum absolute atomic E-state index is 12.8. The van der Waals surface area contributed by atoms with Crippen molar-refractivity contribution in [3.05, 3.63) is 48.6 Å². The molecule has 1 aromatic rings. The van der Waals surface area contributed by atoms with Gasteiger partial charge < -0.3 is 9.47 Å². The summed E-state index contributed by atoms with van der Waals surface area (Å²) in [6, 6.07) is 9.74. The van der Waals surface area contributed by atoms with E-state index < -0.39 is 11.3 Å². The Labute approximate surface area is 139 Å². The molecule has 1 saturated heterocycles. The quantitative estimate of drug-likeness (QED) is 0.760. The minimum Gasteiger partial charge on any atom is -0.444 e. The largest absolute Gasteiger partial charge is 0.444 e. The van der Waals surface area contributed by atoms with Crippen LogP contribution >= 0.6 is 0 Å². The number of carbonyl (C=O) groups is 1. The van der Waals surface area contributed by atoms with Gasteiger partial charge >= 0.3 is 6.09 Å². The van der Waals surface area contributed by atoms with Gasteiger partial charge in [-0.05, 0) is 46.6 Å². The van der Waals surface area contributed by atoms with Gasteiger partial charge in [0.25, 0.3) is 0 Å². The first-order valence-electron chi connectivity index (χ1n) is 8.02. The summed E-state index contributed by atoms with van der Waals surface area (Å²) in [6.45, 7) is 13.2. The van der Waals surface area contributed by atoms with Gasteiger partial charge in [0.05, 0.1) is 12.1 Å². The van der Waals surface area contributed by atoms with E-state index in [2.05, 4.69) is 6.58 Å². The lowest BCUT2D eigenvalue weighted by molar-refractivity contribution is -0.0781. The van der Waals surface area contributed by atoms with Gasteiger partial charge in [-0.3, -0.25) is 4.90 Å². The summed E-state index contributed by atoms with van der Waals surface area (Å²) in [5, 5.41) is 0. The standard InChI is InChI=1S/C19H27NO3/c1-7-11-15-16(14-12-9-8-10-13-14)20(19(5,6)22-15)17(21)23-18(2,3)4/h7-10,12-13,15-16H,1,11H2,2-6H3/t15-,16-/m0/s1. The van der Waals surface area contributed by atoms with Crippen LogP contribution in [0.4, 0.5) is 4.79 Å². The molecule has 0 aromatic heterocycles. The molecule has 0 saturated carbocycles. The molecule has 0 unspecified atom stereocenters. The van der Waals surface area contributed by atoms with Gasteiger partial charge in [0.2, 0.25) is 0 Å². The van der Waals surface area contributed by atoms with Gasteiger partial charge in [-0.1, -0.05) is 36.4 Å². The molecule has 1 aromatic carbocycles. The third-order valence-corrected chi connectivity index (χ3v) is 3.78. The first-order chi connectivity index (χ1) is 10.7. The molecule has 4 heteroatoms. The molecule has 1 heterocycles. The summed E-state index contributed by atoms with van der Waals surface area (Å²) in [5.74, 6) is 0. The molecule has 0 spiro atoms. The Balaban J connectivity index is 2.41.